The summed E-state index contributed by atoms with van der Waals surface area (Å²) >= 11 is 1.03. The first-order chi connectivity index (χ1) is 14.8. The Kier molecular flexibility index (Phi) is 6.90. The number of methoxy groups -OCH3 is 1. The van der Waals surface area contributed by atoms with Gasteiger partial charge in [0.15, 0.2) is 5.82 Å². The molecule has 164 valence electrons. The Morgan fingerprint density at radius 3 is 2.55 bits per heavy atom. The number of nitrogens with one attached hydrogen (secondary N) is 1. The van der Waals surface area contributed by atoms with Crippen molar-refractivity contribution in [3.63, 3.8) is 0 Å². The molecule has 1 amide bonds. The molecule has 0 fully saturated rings. The van der Waals surface area contributed by atoms with Gasteiger partial charge in [0.25, 0.3) is 0 Å². The Morgan fingerprint density at radius 1 is 1.16 bits per heavy atom. The van der Waals surface area contributed by atoms with Crippen LogP contribution in [0.25, 0.3) is 0 Å². The van der Waals surface area contributed by atoms with E-state index in [1.165, 1.54) is 16.8 Å². The topological polar surface area (TPSA) is 104 Å². The molecular weight excluding hydrogens is 435 g/mol. The summed E-state index contributed by atoms with van der Waals surface area (Å²) in [6.45, 7) is 0.0506. The van der Waals surface area contributed by atoms with E-state index < -0.39 is 17.6 Å². The second kappa shape index (κ2) is 9.60. The summed E-state index contributed by atoms with van der Waals surface area (Å²) in [7, 11) is 1.55. The van der Waals surface area contributed by atoms with Gasteiger partial charge < -0.3 is 20.6 Å². The molecule has 8 nitrogen and oxygen atoms in total. The molecule has 3 aromatic rings. The zero-order valence-corrected chi connectivity index (χ0v) is 17.0. The van der Waals surface area contributed by atoms with Crippen molar-refractivity contribution in [1.29, 1.82) is 0 Å². The van der Waals surface area contributed by atoms with Crippen molar-refractivity contribution in [3.8, 4) is 11.5 Å². The Bertz CT molecular complexity index is 1040. The maximum Gasteiger partial charge on any atom is 0.416 e. The summed E-state index contributed by atoms with van der Waals surface area (Å²) < 4.78 is 49.7. The average molecular weight is 453 g/mol. The molecule has 0 atom stereocenters. The number of nitrogen functional groups attached to an aromatic ring is 1. The van der Waals surface area contributed by atoms with Gasteiger partial charge in [-0.25, -0.2) is 4.68 Å². The average Bonchev–Trinajstić information content (AvgIpc) is 3.10. The molecule has 1 aromatic heterocycles. The molecule has 0 aliphatic heterocycles. The quantitative estimate of drug-likeness (QED) is 0.398. The number of hydrogen-bond donors (Lipinski definition) is 2. The molecule has 0 saturated heterocycles. The predicted molar refractivity (Wildman–Crippen MR) is 108 cm³/mol. The number of alkyl halides is 3. The molecule has 0 spiro atoms. The Morgan fingerprint density at radius 2 is 1.87 bits per heavy atom. The van der Waals surface area contributed by atoms with Crippen LogP contribution in [0.1, 0.15) is 11.4 Å². The highest BCUT2D eigenvalue weighted by molar-refractivity contribution is 7.99. The number of nitrogens with zero attached hydrogens (tertiary/aromatic N) is 3. The van der Waals surface area contributed by atoms with Crippen molar-refractivity contribution in [2.75, 3.05) is 24.0 Å². The third-order valence-electron chi connectivity index (χ3n) is 3.97. The van der Waals surface area contributed by atoms with Gasteiger partial charge in [0.2, 0.25) is 11.1 Å². The number of carbonyl (C=O) groups excluding carboxylic acids is 1. The highest BCUT2D eigenvalue weighted by Crippen LogP contribution is 2.30. The highest BCUT2D eigenvalue weighted by Gasteiger charge is 2.30. The summed E-state index contributed by atoms with van der Waals surface area (Å²) in [5.74, 6) is 7.00. The summed E-state index contributed by atoms with van der Waals surface area (Å²) in [6, 6.07) is 11.2. The van der Waals surface area contributed by atoms with Gasteiger partial charge >= 0.3 is 6.18 Å². The van der Waals surface area contributed by atoms with Crippen molar-refractivity contribution in [3.05, 3.63) is 59.9 Å². The molecule has 31 heavy (non-hydrogen) atoms. The number of ether oxygens (including phenoxy) is 2. The number of nitrogens with two attached hydrogens (primary N) is 1. The largest absolute Gasteiger partial charge is 0.497 e. The van der Waals surface area contributed by atoms with E-state index in [0.717, 1.165) is 23.9 Å². The molecule has 2 aromatic carbocycles. The highest BCUT2D eigenvalue weighted by atomic mass is 32.2. The fourth-order valence-corrected chi connectivity index (χ4v) is 3.09. The molecule has 1 heterocycles. The van der Waals surface area contributed by atoms with Crippen LogP contribution in [0.4, 0.5) is 18.9 Å². The summed E-state index contributed by atoms with van der Waals surface area (Å²) in [4.78, 5) is 12.1. The zero-order valence-electron chi connectivity index (χ0n) is 16.2. The van der Waals surface area contributed by atoms with Gasteiger partial charge in [-0.3, -0.25) is 4.79 Å². The van der Waals surface area contributed by atoms with Gasteiger partial charge in [0, 0.05) is 11.8 Å². The number of benzene rings is 2. The first-order valence-corrected chi connectivity index (χ1v) is 9.81. The monoisotopic (exact) mass is 453 g/mol. The molecule has 0 unspecified atom stereocenters. The van der Waals surface area contributed by atoms with E-state index >= 15 is 0 Å². The number of rotatable bonds is 8. The second-order valence-corrected chi connectivity index (χ2v) is 7.09. The van der Waals surface area contributed by atoms with Gasteiger partial charge in [-0.15, -0.1) is 10.2 Å². The first-order valence-electron chi connectivity index (χ1n) is 8.82. The zero-order chi connectivity index (χ0) is 22.4. The van der Waals surface area contributed by atoms with Crippen LogP contribution in [0.2, 0.25) is 0 Å². The van der Waals surface area contributed by atoms with Crippen LogP contribution in [-0.2, 0) is 17.6 Å². The van der Waals surface area contributed by atoms with Crippen molar-refractivity contribution in [1.82, 2.24) is 14.9 Å². The Labute approximate surface area is 179 Å². The van der Waals surface area contributed by atoms with E-state index in [1.54, 1.807) is 31.4 Å². The summed E-state index contributed by atoms with van der Waals surface area (Å²) in [6.07, 6.45) is -4.43. The minimum atomic E-state index is -4.43. The molecule has 0 radical (unpaired) electrons. The SMILES string of the molecule is COc1cccc(OCc2nnc(SCC(=O)Nc3ccc(C(F)(F)F)cc3)n2N)c1. The summed E-state index contributed by atoms with van der Waals surface area (Å²) in [5.41, 5.74) is -0.542. The van der Waals surface area contributed by atoms with Crippen molar-refractivity contribution in [2.45, 2.75) is 17.9 Å². The normalized spacial score (nSPS) is 11.2. The van der Waals surface area contributed by atoms with Crippen molar-refractivity contribution in [2.24, 2.45) is 0 Å². The molecule has 0 aliphatic rings. The van der Waals surface area contributed by atoms with E-state index in [-0.39, 0.29) is 23.2 Å². The lowest BCUT2D eigenvalue weighted by molar-refractivity contribution is -0.137. The summed E-state index contributed by atoms with van der Waals surface area (Å²) in [5, 5.41) is 10.7. The fourth-order valence-electron chi connectivity index (χ4n) is 2.41. The van der Waals surface area contributed by atoms with Crippen LogP contribution < -0.4 is 20.6 Å². The van der Waals surface area contributed by atoms with Crippen LogP contribution in [0, 0.1) is 0 Å². The number of thioether (sulfide) groups is 1. The molecule has 0 saturated carbocycles. The van der Waals surface area contributed by atoms with Gasteiger partial charge in [-0.1, -0.05) is 17.8 Å². The van der Waals surface area contributed by atoms with E-state index in [1.807, 2.05) is 0 Å². The van der Waals surface area contributed by atoms with E-state index in [4.69, 9.17) is 15.3 Å². The minimum absolute atomic E-state index is 0.0506. The maximum absolute atomic E-state index is 12.6. The first kappa shape index (κ1) is 22.3. The number of hydrogen-bond acceptors (Lipinski definition) is 7. The van der Waals surface area contributed by atoms with Crippen LogP contribution in [0.3, 0.4) is 0 Å². The second-order valence-electron chi connectivity index (χ2n) is 6.15. The number of amides is 1. The van der Waals surface area contributed by atoms with Gasteiger partial charge in [-0.2, -0.15) is 13.2 Å². The predicted octanol–water partition coefficient (Wildman–Crippen LogP) is 3.33. The minimum Gasteiger partial charge on any atom is -0.497 e. The Balaban J connectivity index is 1.51. The molecule has 0 aliphatic carbocycles. The molecule has 12 heteroatoms. The number of aromatic nitrogens is 3. The smallest absolute Gasteiger partial charge is 0.416 e. The van der Waals surface area contributed by atoms with E-state index in [0.29, 0.717) is 17.3 Å². The van der Waals surface area contributed by atoms with Crippen LogP contribution in [0.5, 0.6) is 11.5 Å². The lowest BCUT2D eigenvalue weighted by Crippen LogP contribution is -2.18. The van der Waals surface area contributed by atoms with Crippen molar-refractivity contribution >= 4 is 23.4 Å². The van der Waals surface area contributed by atoms with Gasteiger partial charge in [0.1, 0.15) is 18.1 Å². The van der Waals surface area contributed by atoms with Crippen molar-refractivity contribution < 1.29 is 27.4 Å². The third-order valence-corrected chi connectivity index (χ3v) is 4.92. The van der Waals surface area contributed by atoms with Crippen LogP contribution >= 0.6 is 11.8 Å². The lowest BCUT2D eigenvalue weighted by atomic mass is 10.2. The van der Waals surface area contributed by atoms with Gasteiger partial charge in [0.05, 0.1) is 18.4 Å². The molecule has 3 N–H and O–H groups in total. The number of anilines is 1. The molecule has 3 rings (SSSR count). The van der Waals surface area contributed by atoms with E-state index in [2.05, 4.69) is 15.5 Å². The van der Waals surface area contributed by atoms with Crippen LogP contribution in [0.15, 0.2) is 53.7 Å². The molecule has 0 bridgehead atoms. The third kappa shape index (κ3) is 6.04. The Hall–Kier alpha value is -3.41. The van der Waals surface area contributed by atoms with Gasteiger partial charge in [-0.05, 0) is 36.4 Å². The maximum atomic E-state index is 12.6. The van der Waals surface area contributed by atoms with E-state index in [9.17, 15) is 18.0 Å². The lowest BCUT2D eigenvalue weighted by Gasteiger charge is -2.09. The standard InChI is InChI=1S/C19H18F3N5O3S/c1-29-14-3-2-4-15(9-14)30-10-16-25-26-18(27(16)23)31-11-17(28)24-13-7-5-12(6-8-13)19(20,21)22/h2-9H,10-11,23H2,1H3,(H,24,28). The molecular formula is C19H18F3N5O3S. The number of carbonyl (C=O) groups is 1. The van der Waals surface area contributed by atoms with Crippen LogP contribution in [-0.4, -0.2) is 33.6 Å². The number of halogens is 3. The fraction of sp³-hybridized carbons (Fsp3) is 0.211.